The first kappa shape index (κ1) is 15.6. The van der Waals surface area contributed by atoms with Gasteiger partial charge in [-0.2, -0.15) is 0 Å². The fraction of sp³-hybridized carbons (Fsp3) is 0.238. The molecule has 0 atom stereocenters. The lowest BCUT2D eigenvalue weighted by Crippen LogP contribution is -2.41. The minimum atomic E-state index is -1.12. The molecule has 2 aromatic carbocycles. The summed E-state index contributed by atoms with van der Waals surface area (Å²) in [6, 6.07) is 18.7. The number of rotatable bonds is 3. The summed E-state index contributed by atoms with van der Waals surface area (Å²) in [6.07, 6.45) is 4.80. The van der Waals surface area contributed by atoms with E-state index in [1.54, 1.807) is 6.92 Å². The summed E-state index contributed by atoms with van der Waals surface area (Å²) in [5, 5.41) is 3.05. The van der Waals surface area contributed by atoms with Gasteiger partial charge in [0.1, 0.15) is 0 Å². The SMILES string of the molecule is CC1(C2=CCCC2)C(=O)N(c2ccccc2)N(c2ccccc2)C1=O. The molecular formula is C21H20N2O2. The highest BCUT2D eigenvalue weighted by molar-refractivity contribution is 6.27. The van der Waals surface area contributed by atoms with Crippen LogP contribution < -0.4 is 10.0 Å². The normalized spacial score (nSPS) is 19.5. The van der Waals surface area contributed by atoms with E-state index in [4.69, 9.17) is 0 Å². The third-order valence-electron chi connectivity index (χ3n) is 5.12. The van der Waals surface area contributed by atoms with Crippen molar-refractivity contribution in [1.29, 1.82) is 0 Å². The van der Waals surface area contributed by atoms with Crippen LogP contribution in [0, 0.1) is 5.41 Å². The molecular weight excluding hydrogens is 312 g/mol. The van der Waals surface area contributed by atoms with Gasteiger partial charge in [-0.05, 0) is 56.0 Å². The van der Waals surface area contributed by atoms with E-state index >= 15 is 0 Å². The number of amides is 2. The van der Waals surface area contributed by atoms with Crippen molar-refractivity contribution in [3.8, 4) is 0 Å². The molecule has 25 heavy (non-hydrogen) atoms. The number of nitrogens with zero attached hydrogens (tertiary/aromatic N) is 2. The van der Waals surface area contributed by atoms with Crippen LogP contribution in [0.1, 0.15) is 26.2 Å². The summed E-state index contributed by atoms with van der Waals surface area (Å²) >= 11 is 0. The number of hydrazine groups is 1. The van der Waals surface area contributed by atoms with E-state index < -0.39 is 5.41 Å². The Hall–Kier alpha value is -2.88. The lowest BCUT2D eigenvalue weighted by molar-refractivity contribution is -0.131. The van der Waals surface area contributed by atoms with Gasteiger partial charge in [-0.25, -0.2) is 10.0 Å². The predicted octanol–water partition coefficient (Wildman–Crippen LogP) is 4.10. The van der Waals surface area contributed by atoms with Crippen LogP contribution in [-0.2, 0) is 9.59 Å². The summed E-state index contributed by atoms with van der Waals surface area (Å²) in [7, 11) is 0. The van der Waals surface area contributed by atoms with Crippen LogP contribution >= 0.6 is 0 Å². The van der Waals surface area contributed by atoms with Crippen LogP contribution in [0.3, 0.4) is 0 Å². The number of anilines is 2. The summed E-state index contributed by atoms with van der Waals surface area (Å²) in [4.78, 5) is 26.9. The molecule has 1 aliphatic carbocycles. The molecule has 1 heterocycles. The number of para-hydroxylation sites is 2. The van der Waals surface area contributed by atoms with Crippen molar-refractivity contribution in [2.45, 2.75) is 26.2 Å². The first-order chi connectivity index (χ1) is 12.1. The van der Waals surface area contributed by atoms with E-state index in [1.165, 1.54) is 10.0 Å². The third kappa shape index (κ3) is 2.29. The van der Waals surface area contributed by atoms with Gasteiger partial charge in [0, 0.05) is 0 Å². The monoisotopic (exact) mass is 332 g/mol. The first-order valence-corrected chi connectivity index (χ1v) is 8.62. The molecule has 0 saturated carbocycles. The molecule has 1 fully saturated rings. The lowest BCUT2D eigenvalue weighted by atomic mass is 9.80. The number of hydrogen-bond donors (Lipinski definition) is 0. The smallest absolute Gasteiger partial charge is 0.265 e. The Morgan fingerprint density at radius 2 is 1.28 bits per heavy atom. The molecule has 0 aromatic heterocycles. The highest BCUT2D eigenvalue weighted by Gasteiger charge is 2.58. The molecule has 0 spiro atoms. The van der Waals surface area contributed by atoms with E-state index in [2.05, 4.69) is 6.08 Å². The Balaban J connectivity index is 1.88. The van der Waals surface area contributed by atoms with Gasteiger partial charge in [-0.3, -0.25) is 9.59 Å². The molecule has 2 aliphatic rings. The molecule has 4 nitrogen and oxygen atoms in total. The van der Waals surface area contributed by atoms with Crippen LogP contribution in [-0.4, -0.2) is 11.8 Å². The van der Waals surface area contributed by atoms with Crippen LogP contribution in [0.4, 0.5) is 11.4 Å². The minimum absolute atomic E-state index is 0.180. The van der Waals surface area contributed by atoms with Crippen molar-refractivity contribution >= 4 is 23.2 Å². The second-order valence-corrected chi connectivity index (χ2v) is 6.65. The van der Waals surface area contributed by atoms with Crippen molar-refractivity contribution < 1.29 is 9.59 Å². The Morgan fingerprint density at radius 3 is 1.68 bits per heavy atom. The largest absolute Gasteiger partial charge is 0.271 e. The van der Waals surface area contributed by atoms with Crippen molar-refractivity contribution in [2.75, 3.05) is 10.0 Å². The zero-order valence-electron chi connectivity index (χ0n) is 14.2. The molecule has 0 N–H and O–H groups in total. The minimum Gasteiger partial charge on any atom is -0.271 e. The average molecular weight is 332 g/mol. The molecule has 1 saturated heterocycles. The van der Waals surface area contributed by atoms with Gasteiger partial charge in [-0.15, -0.1) is 0 Å². The quantitative estimate of drug-likeness (QED) is 0.627. The highest BCUT2D eigenvalue weighted by atomic mass is 16.2. The molecule has 126 valence electrons. The topological polar surface area (TPSA) is 40.6 Å². The van der Waals surface area contributed by atoms with Crippen LogP contribution in [0.15, 0.2) is 72.3 Å². The molecule has 0 unspecified atom stereocenters. The Bertz CT molecular complexity index is 785. The van der Waals surface area contributed by atoms with Gasteiger partial charge >= 0.3 is 0 Å². The van der Waals surface area contributed by atoms with Crippen molar-refractivity contribution in [2.24, 2.45) is 5.41 Å². The number of carbonyl (C=O) groups excluding carboxylic acids is 2. The number of hydrogen-bond acceptors (Lipinski definition) is 2. The Morgan fingerprint density at radius 1 is 0.800 bits per heavy atom. The fourth-order valence-corrected chi connectivity index (χ4v) is 3.70. The summed E-state index contributed by atoms with van der Waals surface area (Å²) in [5.74, 6) is -0.360. The van der Waals surface area contributed by atoms with Crippen molar-refractivity contribution in [3.63, 3.8) is 0 Å². The zero-order valence-corrected chi connectivity index (χ0v) is 14.2. The van der Waals surface area contributed by atoms with Gasteiger partial charge in [-0.1, -0.05) is 42.5 Å². The van der Waals surface area contributed by atoms with Crippen LogP contribution in [0.5, 0.6) is 0 Å². The molecule has 4 rings (SSSR count). The standard InChI is InChI=1S/C21H20N2O2/c1-21(16-10-8-9-11-16)19(24)22(17-12-4-2-5-13-17)23(20(21)25)18-14-6-3-7-15-18/h2-7,10,12-15H,8-9,11H2,1H3. The van der Waals surface area contributed by atoms with E-state index in [0.717, 1.165) is 24.8 Å². The lowest BCUT2D eigenvalue weighted by Gasteiger charge is -2.27. The molecule has 1 aliphatic heterocycles. The van der Waals surface area contributed by atoms with Crippen LogP contribution in [0.25, 0.3) is 0 Å². The van der Waals surface area contributed by atoms with Crippen LogP contribution in [0.2, 0.25) is 0 Å². The first-order valence-electron chi connectivity index (χ1n) is 8.62. The van der Waals surface area contributed by atoms with E-state index in [9.17, 15) is 9.59 Å². The van der Waals surface area contributed by atoms with Gasteiger partial charge in [0.15, 0.2) is 5.41 Å². The molecule has 0 radical (unpaired) electrons. The van der Waals surface area contributed by atoms with Crippen molar-refractivity contribution in [3.05, 3.63) is 72.3 Å². The fourth-order valence-electron chi connectivity index (χ4n) is 3.70. The average Bonchev–Trinajstić information content (AvgIpc) is 3.26. The van der Waals surface area contributed by atoms with E-state index in [0.29, 0.717) is 11.4 Å². The number of allylic oxidation sites excluding steroid dienone is 1. The summed E-state index contributed by atoms with van der Waals surface area (Å²) in [5.41, 5.74) is 1.23. The maximum Gasteiger partial charge on any atom is 0.265 e. The van der Waals surface area contributed by atoms with Gasteiger partial charge in [0.25, 0.3) is 11.8 Å². The van der Waals surface area contributed by atoms with E-state index in [-0.39, 0.29) is 11.8 Å². The van der Waals surface area contributed by atoms with Gasteiger partial charge in [0.2, 0.25) is 0 Å². The molecule has 2 amide bonds. The maximum absolute atomic E-state index is 13.4. The van der Waals surface area contributed by atoms with Gasteiger partial charge < -0.3 is 0 Å². The third-order valence-corrected chi connectivity index (χ3v) is 5.12. The Labute approximate surface area is 147 Å². The zero-order chi connectivity index (χ0) is 17.4. The second kappa shape index (κ2) is 5.88. The maximum atomic E-state index is 13.4. The summed E-state index contributed by atoms with van der Waals surface area (Å²) < 4.78 is 0. The summed E-state index contributed by atoms with van der Waals surface area (Å²) in [6.45, 7) is 1.77. The van der Waals surface area contributed by atoms with E-state index in [1.807, 2.05) is 60.7 Å². The molecule has 2 aromatic rings. The predicted molar refractivity (Wildman–Crippen MR) is 97.9 cm³/mol. The van der Waals surface area contributed by atoms with Crippen molar-refractivity contribution in [1.82, 2.24) is 0 Å². The Kier molecular flexibility index (Phi) is 3.68. The number of benzene rings is 2. The molecule has 4 heteroatoms. The second-order valence-electron chi connectivity index (χ2n) is 6.65. The van der Waals surface area contributed by atoms with Gasteiger partial charge in [0.05, 0.1) is 11.4 Å². The highest BCUT2D eigenvalue weighted by Crippen LogP contribution is 2.45. The molecule has 0 bridgehead atoms. The number of carbonyl (C=O) groups is 2.